The van der Waals surface area contributed by atoms with Gasteiger partial charge in [0.25, 0.3) is 0 Å². The highest BCUT2D eigenvalue weighted by Gasteiger charge is 2.22. The molecule has 0 bridgehead atoms. The Morgan fingerprint density at radius 3 is 1.63 bits per heavy atom. The molecule has 0 amide bonds. The normalized spacial score (nSPS) is 11.7. The molecule has 6 aromatic carbocycles. The fraction of sp³-hybridized carbons (Fsp3) is 0. The van der Waals surface area contributed by atoms with Crippen LogP contribution in [0.25, 0.3) is 86.7 Å². The quantitative estimate of drug-likeness (QED) is 0.200. The number of benzene rings is 6. The van der Waals surface area contributed by atoms with Gasteiger partial charge in [0.15, 0.2) is 5.82 Å². The Balaban J connectivity index is 1.50. The Morgan fingerprint density at radius 2 is 0.953 bits per heavy atom. The van der Waals surface area contributed by atoms with Gasteiger partial charge in [0.1, 0.15) is 5.69 Å². The third kappa shape index (κ3) is 3.77. The summed E-state index contributed by atoms with van der Waals surface area (Å²) in [6.07, 6.45) is 0. The fourth-order valence-corrected chi connectivity index (χ4v) is 7.62. The molecule has 0 aliphatic rings. The maximum Gasteiger partial charge on any atom is 0.180 e. The van der Waals surface area contributed by atoms with Crippen molar-refractivity contribution in [3.8, 4) is 34.0 Å². The van der Waals surface area contributed by atoms with E-state index in [1.165, 1.54) is 36.3 Å². The molecule has 0 aliphatic heterocycles. The van der Waals surface area contributed by atoms with Crippen LogP contribution in [0.3, 0.4) is 0 Å². The molecular weight excluding hydrogens is 543 g/mol. The van der Waals surface area contributed by atoms with Crippen molar-refractivity contribution in [1.29, 1.82) is 0 Å². The van der Waals surface area contributed by atoms with E-state index in [2.05, 4.69) is 127 Å². The van der Waals surface area contributed by atoms with Gasteiger partial charge in [-0.25, -0.2) is 15.0 Å². The summed E-state index contributed by atoms with van der Waals surface area (Å²) in [5.74, 6) is 0.630. The molecule has 0 unspecified atom stereocenters. The van der Waals surface area contributed by atoms with E-state index in [-0.39, 0.29) is 0 Å². The number of para-hydroxylation sites is 1. The molecule has 3 nitrogen and oxygen atoms in total. The van der Waals surface area contributed by atoms with Gasteiger partial charge in [-0.3, -0.25) is 0 Å². The Bertz CT molecular complexity index is 2440. The number of nitrogens with zero attached hydrogens (tertiary/aromatic N) is 3. The van der Waals surface area contributed by atoms with E-state index < -0.39 is 0 Å². The van der Waals surface area contributed by atoms with Crippen LogP contribution >= 0.6 is 11.3 Å². The van der Waals surface area contributed by atoms with E-state index in [4.69, 9.17) is 15.0 Å². The van der Waals surface area contributed by atoms with Gasteiger partial charge in [-0.05, 0) is 29.0 Å². The zero-order chi connectivity index (χ0) is 28.3. The largest absolute Gasteiger partial charge is 0.244 e. The molecule has 9 rings (SSSR count). The van der Waals surface area contributed by atoms with Gasteiger partial charge in [0.2, 0.25) is 0 Å². The van der Waals surface area contributed by atoms with Crippen LogP contribution in [0.5, 0.6) is 0 Å². The second-order valence-electron chi connectivity index (χ2n) is 10.8. The lowest BCUT2D eigenvalue weighted by atomic mass is 9.93. The molecule has 3 aromatic heterocycles. The van der Waals surface area contributed by atoms with Gasteiger partial charge >= 0.3 is 0 Å². The topological polar surface area (TPSA) is 38.7 Å². The molecule has 0 radical (unpaired) electrons. The first-order valence-corrected chi connectivity index (χ1v) is 15.2. The van der Waals surface area contributed by atoms with Gasteiger partial charge in [0.05, 0.1) is 16.9 Å². The lowest BCUT2D eigenvalue weighted by Gasteiger charge is -2.15. The summed E-state index contributed by atoms with van der Waals surface area (Å²) in [5.41, 5.74) is 5.59. The van der Waals surface area contributed by atoms with Crippen LogP contribution in [0.4, 0.5) is 0 Å². The van der Waals surface area contributed by atoms with Crippen LogP contribution in [-0.4, -0.2) is 15.0 Å². The molecule has 3 heterocycles. The van der Waals surface area contributed by atoms with Gasteiger partial charge in [-0.15, -0.1) is 11.3 Å². The summed E-state index contributed by atoms with van der Waals surface area (Å²) in [7, 11) is 0. The average Bonchev–Trinajstić information content (AvgIpc) is 3.48. The summed E-state index contributed by atoms with van der Waals surface area (Å²) in [4.78, 5) is 15.8. The van der Waals surface area contributed by atoms with Gasteiger partial charge in [-0.1, -0.05) is 121 Å². The Morgan fingerprint density at radius 1 is 0.419 bits per heavy atom. The third-order valence-electron chi connectivity index (χ3n) is 8.26. The summed E-state index contributed by atoms with van der Waals surface area (Å²) in [6, 6.07) is 48.7. The van der Waals surface area contributed by atoms with E-state index in [0.29, 0.717) is 5.82 Å². The van der Waals surface area contributed by atoms with Crippen LogP contribution in [0, 0.1) is 0 Å². The van der Waals surface area contributed by atoms with Crippen LogP contribution in [-0.2, 0) is 0 Å². The molecule has 0 N–H and O–H groups in total. The molecular formula is C39H23N3S. The van der Waals surface area contributed by atoms with Crippen molar-refractivity contribution < 1.29 is 0 Å². The first-order valence-electron chi connectivity index (χ1n) is 14.4. The summed E-state index contributed by atoms with van der Waals surface area (Å²) in [6.45, 7) is 0. The van der Waals surface area contributed by atoms with Gasteiger partial charge in [-0.2, -0.15) is 0 Å². The molecule has 0 spiro atoms. The molecule has 0 saturated carbocycles. The highest BCUT2D eigenvalue weighted by atomic mass is 32.1. The third-order valence-corrected chi connectivity index (χ3v) is 9.45. The average molecular weight is 566 g/mol. The van der Waals surface area contributed by atoms with Gasteiger partial charge in [0, 0.05) is 47.5 Å². The monoisotopic (exact) mass is 565 g/mol. The lowest BCUT2D eigenvalue weighted by molar-refractivity contribution is 1.16. The minimum Gasteiger partial charge on any atom is -0.244 e. The predicted octanol–water partition coefficient (Wildman–Crippen LogP) is 10.7. The number of aromatic nitrogens is 3. The molecule has 4 heteroatoms. The standard InChI is InChI=1S/C39H23N3S/c1-3-13-24(14-4-1)31-23-32(25-15-5-2-6-16-25)42-39(41-31)37-36-34(28-19-9-11-21-30(28)40-37)26-17-7-8-18-27(26)35-29-20-10-12-22-33(29)43-38(35)36/h1-23H. The number of hydrogen-bond acceptors (Lipinski definition) is 4. The van der Waals surface area contributed by atoms with Gasteiger partial charge < -0.3 is 0 Å². The lowest BCUT2D eigenvalue weighted by Crippen LogP contribution is -1.99. The predicted molar refractivity (Wildman–Crippen MR) is 182 cm³/mol. The Kier molecular flexibility index (Phi) is 5.37. The molecule has 0 fully saturated rings. The van der Waals surface area contributed by atoms with E-state index >= 15 is 0 Å². The number of hydrogen-bond donors (Lipinski definition) is 0. The molecule has 0 saturated heterocycles. The summed E-state index contributed by atoms with van der Waals surface area (Å²) < 4.78 is 2.48. The van der Waals surface area contributed by atoms with Crippen molar-refractivity contribution >= 4 is 64.0 Å². The SMILES string of the molecule is c1ccc(-c2cc(-c3ccccc3)nc(-c3nc4ccccc4c4c5ccccc5c5c6ccccc6sc5c34)n2)cc1. The summed E-state index contributed by atoms with van der Waals surface area (Å²) in [5, 5.41) is 8.46. The highest BCUT2D eigenvalue weighted by Crippen LogP contribution is 2.48. The smallest absolute Gasteiger partial charge is 0.180 e. The Hall–Kier alpha value is -5.45. The molecule has 9 aromatic rings. The number of pyridine rings is 1. The van der Waals surface area contributed by atoms with Crippen molar-refractivity contribution in [2.45, 2.75) is 0 Å². The molecule has 43 heavy (non-hydrogen) atoms. The molecule has 200 valence electrons. The maximum absolute atomic E-state index is 5.35. The van der Waals surface area contributed by atoms with Crippen LogP contribution in [0.15, 0.2) is 140 Å². The number of thiophene rings is 1. The first kappa shape index (κ1) is 24.2. The van der Waals surface area contributed by atoms with Crippen molar-refractivity contribution in [3.63, 3.8) is 0 Å². The van der Waals surface area contributed by atoms with Crippen LogP contribution < -0.4 is 0 Å². The van der Waals surface area contributed by atoms with Crippen LogP contribution in [0.2, 0.25) is 0 Å². The second-order valence-corrected chi connectivity index (χ2v) is 11.8. The second kappa shape index (κ2) is 9.55. The minimum absolute atomic E-state index is 0.630. The number of fused-ring (bicyclic) bond motifs is 10. The molecule has 0 aliphatic carbocycles. The summed E-state index contributed by atoms with van der Waals surface area (Å²) >= 11 is 1.83. The zero-order valence-electron chi connectivity index (χ0n) is 23.0. The van der Waals surface area contributed by atoms with E-state index in [1.807, 2.05) is 23.5 Å². The maximum atomic E-state index is 5.35. The van der Waals surface area contributed by atoms with E-state index in [1.54, 1.807) is 0 Å². The van der Waals surface area contributed by atoms with E-state index in [0.717, 1.165) is 44.5 Å². The van der Waals surface area contributed by atoms with Crippen LogP contribution in [0.1, 0.15) is 0 Å². The van der Waals surface area contributed by atoms with Crippen molar-refractivity contribution in [3.05, 3.63) is 140 Å². The fourth-order valence-electron chi connectivity index (χ4n) is 6.35. The van der Waals surface area contributed by atoms with Crippen molar-refractivity contribution in [2.75, 3.05) is 0 Å². The van der Waals surface area contributed by atoms with Crippen molar-refractivity contribution in [1.82, 2.24) is 15.0 Å². The molecule has 0 atom stereocenters. The first-order chi connectivity index (χ1) is 21.3. The zero-order valence-corrected chi connectivity index (χ0v) is 23.8. The van der Waals surface area contributed by atoms with E-state index in [9.17, 15) is 0 Å². The Labute approximate surface area is 251 Å². The minimum atomic E-state index is 0.630. The number of rotatable bonds is 3. The highest BCUT2D eigenvalue weighted by molar-refractivity contribution is 7.27. The van der Waals surface area contributed by atoms with Crippen molar-refractivity contribution in [2.24, 2.45) is 0 Å².